The second-order valence-corrected chi connectivity index (χ2v) is 7.78. The molecule has 5 amide bonds. The van der Waals surface area contributed by atoms with Gasteiger partial charge in [-0.3, -0.25) is 19.7 Å². The van der Waals surface area contributed by atoms with Crippen molar-refractivity contribution in [1.29, 1.82) is 0 Å². The number of carbonyl (C=O) groups excluding carboxylic acids is 4. The van der Waals surface area contributed by atoms with E-state index in [0.29, 0.717) is 0 Å². The zero-order valence-corrected chi connectivity index (χ0v) is 14.1. The normalized spacial score (nSPS) is 26.9. The maximum Gasteiger partial charge on any atom is 0.327 e. The number of rotatable bonds is 4. The predicted molar refractivity (Wildman–Crippen MR) is 82.9 cm³/mol. The van der Waals surface area contributed by atoms with Crippen LogP contribution in [-0.2, 0) is 19.2 Å². The largest absolute Gasteiger partial charge is 0.480 e. The van der Waals surface area contributed by atoms with Gasteiger partial charge in [0.15, 0.2) is 0 Å². The summed E-state index contributed by atoms with van der Waals surface area (Å²) in [4.78, 5) is 58.5. The van der Waals surface area contributed by atoms with Gasteiger partial charge in [-0.1, -0.05) is 0 Å². The number of thioether (sulfide) groups is 1. The highest BCUT2D eigenvalue weighted by molar-refractivity contribution is 8.01. The van der Waals surface area contributed by atoms with Crippen molar-refractivity contribution in [2.24, 2.45) is 0 Å². The lowest BCUT2D eigenvalue weighted by Gasteiger charge is -2.43. The molecule has 0 aromatic heterocycles. The molecule has 0 spiro atoms. The summed E-state index contributed by atoms with van der Waals surface area (Å²) < 4.78 is -0.675. The number of β-lactam (4-membered cyclic amide) rings is 1. The first-order valence-electron chi connectivity index (χ1n) is 7.12. The van der Waals surface area contributed by atoms with E-state index in [1.807, 2.05) is 5.32 Å². The van der Waals surface area contributed by atoms with Crippen molar-refractivity contribution in [1.82, 2.24) is 20.9 Å². The van der Waals surface area contributed by atoms with Gasteiger partial charge in [0, 0.05) is 11.7 Å². The second-order valence-electron chi connectivity index (χ2n) is 6.01. The fourth-order valence-corrected chi connectivity index (χ4v) is 4.36. The van der Waals surface area contributed by atoms with E-state index in [1.165, 1.54) is 16.7 Å². The lowest BCUT2D eigenvalue weighted by molar-refractivity contribution is -0.161. The third kappa shape index (κ3) is 3.30. The molecule has 11 heteroatoms. The van der Waals surface area contributed by atoms with Crippen LogP contribution in [0.15, 0.2) is 0 Å². The van der Waals surface area contributed by atoms with E-state index < -0.39 is 58.5 Å². The monoisotopic (exact) mass is 358 g/mol. The molecule has 2 aliphatic heterocycles. The van der Waals surface area contributed by atoms with Crippen molar-refractivity contribution in [2.45, 2.75) is 43.0 Å². The maximum absolute atomic E-state index is 12.2. The molecule has 24 heavy (non-hydrogen) atoms. The molecule has 2 aliphatic rings. The van der Waals surface area contributed by atoms with Crippen molar-refractivity contribution in [3.05, 3.63) is 0 Å². The minimum Gasteiger partial charge on any atom is -0.480 e. The minimum absolute atomic E-state index is 0.411. The molecule has 3 atom stereocenters. The van der Waals surface area contributed by atoms with E-state index in [9.17, 15) is 29.1 Å². The number of aliphatic carboxylic acids is 1. The van der Waals surface area contributed by atoms with Gasteiger partial charge in [0.2, 0.25) is 17.7 Å². The van der Waals surface area contributed by atoms with Crippen LogP contribution < -0.4 is 16.0 Å². The molecular formula is C13H18N4O6S. The number of carbonyl (C=O) groups is 5. The van der Waals surface area contributed by atoms with Crippen LogP contribution in [0.4, 0.5) is 4.79 Å². The van der Waals surface area contributed by atoms with Gasteiger partial charge >= 0.3 is 12.0 Å². The van der Waals surface area contributed by atoms with Crippen molar-refractivity contribution in [2.75, 3.05) is 6.54 Å². The number of imide groups is 1. The summed E-state index contributed by atoms with van der Waals surface area (Å²) in [5, 5.41) is 15.4. The number of hydrogen-bond acceptors (Lipinski definition) is 6. The Balaban J connectivity index is 1.91. The molecule has 0 aromatic carbocycles. The third-order valence-corrected chi connectivity index (χ3v) is 5.26. The first-order valence-corrected chi connectivity index (χ1v) is 8.00. The number of nitrogens with one attached hydrogen (secondary N) is 3. The first kappa shape index (κ1) is 18.0. The molecule has 2 heterocycles. The highest BCUT2D eigenvalue weighted by atomic mass is 32.2. The summed E-state index contributed by atoms with van der Waals surface area (Å²) in [7, 11) is 0. The van der Waals surface area contributed by atoms with Gasteiger partial charge in [-0.05, 0) is 13.8 Å². The highest BCUT2D eigenvalue weighted by Gasteiger charge is 2.64. The number of nitrogens with zero attached hydrogens (tertiary/aromatic N) is 1. The number of hydrogen-bond donors (Lipinski definition) is 4. The number of carboxylic acid groups (broad SMARTS) is 1. The average Bonchev–Trinajstić information content (AvgIpc) is 2.70. The molecule has 4 N–H and O–H groups in total. The zero-order chi connectivity index (χ0) is 18.2. The van der Waals surface area contributed by atoms with Crippen LogP contribution in [0.5, 0.6) is 0 Å². The molecule has 0 aromatic rings. The SMILES string of the molecule is CC(=O)NC(=O)NCC(=O)N[C@@H]1C(=O)N2C1SC(C)(C)[C@@H]2C(=O)O. The second kappa shape index (κ2) is 6.30. The van der Waals surface area contributed by atoms with Gasteiger partial charge < -0.3 is 20.6 Å². The standard InChI is InChI=1S/C13H18N4O6S/c1-5(18)15-12(23)14-4-6(19)16-7-9(20)17-8(11(21)22)13(2,3)24-10(7)17/h7-8,10H,4H2,1-3H3,(H,16,19)(H,21,22)(H2,14,15,18,23)/t7-,8+,10?/m1/s1. The molecule has 10 nitrogen and oxygen atoms in total. The molecule has 132 valence electrons. The zero-order valence-electron chi connectivity index (χ0n) is 13.3. The van der Waals surface area contributed by atoms with Crippen LogP contribution in [0, 0.1) is 0 Å². The number of carboxylic acids is 1. The number of urea groups is 1. The molecule has 2 saturated heterocycles. The maximum atomic E-state index is 12.2. The summed E-state index contributed by atoms with van der Waals surface area (Å²) in [6.45, 7) is 4.20. The van der Waals surface area contributed by atoms with E-state index in [0.717, 1.165) is 6.92 Å². The Hall–Kier alpha value is -2.30. The van der Waals surface area contributed by atoms with Crippen molar-refractivity contribution >= 4 is 41.5 Å². The van der Waals surface area contributed by atoms with Crippen LogP contribution in [0.25, 0.3) is 0 Å². The number of amides is 5. The van der Waals surface area contributed by atoms with Gasteiger partial charge in [-0.2, -0.15) is 0 Å². The Bertz CT molecular complexity index is 622. The van der Waals surface area contributed by atoms with E-state index in [2.05, 4.69) is 10.6 Å². The topological polar surface area (TPSA) is 145 Å². The Morgan fingerprint density at radius 3 is 2.46 bits per heavy atom. The molecule has 0 radical (unpaired) electrons. The van der Waals surface area contributed by atoms with Crippen molar-refractivity contribution in [3.63, 3.8) is 0 Å². The summed E-state index contributed by atoms with van der Waals surface area (Å²) in [5.74, 6) is -2.73. The Morgan fingerprint density at radius 1 is 1.29 bits per heavy atom. The number of fused-ring (bicyclic) bond motifs is 1. The molecule has 0 bridgehead atoms. The molecular weight excluding hydrogens is 340 g/mol. The summed E-state index contributed by atoms with van der Waals surface area (Å²) in [5.41, 5.74) is 0. The quantitative estimate of drug-likeness (QED) is 0.446. The highest BCUT2D eigenvalue weighted by Crippen LogP contribution is 2.50. The van der Waals surface area contributed by atoms with Crippen LogP contribution in [-0.4, -0.2) is 68.5 Å². The fraction of sp³-hybridized carbons (Fsp3) is 0.615. The Kier molecular flexibility index (Phi) is 4.74. The van der Waals surface area contributed by atoms with Gasteiger partial charge in [0.05, 0.1) is 6.54 Å². The minimum atomic E-state index is -1.09. The average molecular weight is 358 g/mol. The van der Waals surface area contributed by atoms with Crippen LogP contribution in [0.1, 0.15) is 20.8 Å². The van der Waals surface area contributed by atoms with Crippen LogP contribution in [0.2, 0.25) is 0 Å². The summed E-state index contributed by atoms with van der Waals surface area (Å²) in [6.07, 6.45) is 0. The summed E-state index contributed by atoms with van der Waals surface area (Å²) in [6, 6.07) is -2.60. The molecule has 1 unspecified atom stereocenters. The smallest absolute Gasteiger partial charge is 0.327 e. The van der Waals surface area contributed by atoms with Gasteiger partial charge in [0.1, 0.15) is 17.5 Å². The third-order valence-electron chi connectivity index (χ3n) is 3.69. The van der Waals surface area contributed by atoms with Gasteiger partial charge in [-0.25, -0.2) is 9.59 Å². The van der Waals surface area contributed by atoms with Crippen molar-refractivity contribution < 1.29 is 29.1 Å². The fourth-order valence-electron chi connectivity index (χ4n) is 2.73. The van der Waals surface area contributed by atoms with Gasteiger partial charge in [0.25, 0.3) is 0 Å². The van der Waals surface area contributed by atoms with Gasteiger partial charge in [-0.15, -0.1) is 11.8 Å². The molecule has 2 rings (SSSR count). The first-order chi connectivity index (χ1) is 11.0. The lowest BCUT2D eigenvalue weighted by Crippen LogP contribution is -2.71. The Morgan fingerprint density at radius 2 is 1.92 bits per heavy atom. The van der Waals surface area contributed by atoms with Crippen LogP contribution in [0.3, 0.4) is 0 Å². The molecule has 0 saturated carbocycles. The lowest BCUT2D eigenvalue weighted by atomic mass is 9.96. The van der Waals surface area contributed by atoms with Crippen molar-refractivity contribution in [3.8, 4) is 0 Å². The van der Waals surface area contributed by atoms with E-state index in [-0.39, 0.29) is 0 Å². The van der Waals surface area contributed by atoms with E-state index in [4.69, 9.17) is 0 Å². The van der Waals surface area contributed by atoms with E-state index in [1.54, 1.807) is 13.8 Å². The van der Waals surface area contributed by atoms with E-state index >= 15 is 0 Å². The Labute approximate surface area is 141 Å². The molecule has 0 aliphatic carbocycles. The predicted octanol–water partition coefficient (Wildman–Crippen LogP) is -1.54. The molecule has 2 fully saturated rings. The summed E-state index contributed by atoms with van der Waals surface area (Å²) >= 11 is 1.31. The van der Waals surface area contributed by atoms with Crippen LogP contribution >= 0.6 is 11.8 Å².